The molecule has 0 spiro atoms. The third-order valence-corrected chi connectivity index (χ3v) is 3.14. The summed E-state index contributed by atoms with van der Waals surface area (Å²) in [6.07, 6.45) is 3.51. The number of benzene rings is 1. The van der Waals surface area contributed by atoms with Gasteiger partial charge < -0.3 is 14.8 Å². The minimum Gasteiger partial charge on any atom is -0.497 e. The Bertz CT molecular complexity index is 747. The van der Waals surface area contributed by atoms with E-state index in [1.807, 2.05) is 36.4 Å². The van der Waals surface area contributed by atoms with Crippen LogP contribution in [0.4, 0.5) is 11.5 Å². The van der Waals surface area contributed by atoms with E-state index in [0.717, 1.165) is 16.6 Å². The number of methoxy groups -OCH3 is 2. The zero-order valence-corrected chi connectivity index (χ0v) is 11.8. The van der Waals surface area contributed by atoms with Crippen LogP contribution < -0.4 is 14.8 Å². The minimum absolute atomic E-state index is 0.698. The standard InChI is InChI=1S/C16H15N3O2/c1-20-13-8-12(9-14(10-13)21-2)19-16-15-11(5-7-18-16)4-3-6-17-15/h3-10H,1-2H3,(H,18,19). The molecule has 2 heterocycles. The summed E-state index contributed by atoms with van der Waals surface area (Å²) < 4.78 is 10.5. The molecule has 1 N–H and O–H groups in total. The molecule has 1 aromatic carbocycles. The molecule has 0 aliphatic heterocycles. The third-order valence-electron chi connectivity index (χ3n) is 3.14. The van der Waals surface area contributed by atoms with Crippen molar-refractivity contribution in [2.24, 2.45) is 0 Å². The highest BCUT2D eigenvalue weighted by Crippen LogP contribution is 2.29. The molecule has 0 unspecified atom stereocenters. The van der Waals surface area contributed by atoms with E-state index in [1.165, 1.54) is 0 Å². The predicted octanol–water partition coefficient (Wildman–Crippen LogP) is 3.39. The molecule has 3 aromatic rings. The van der Waals surface area contributed by atoms with E-state index >= 15 is 0 Å². The number of aromatic nitrogens is 2. The number of nitrogens with one attached hydrogen (secondary N) is 1. The Hall–Kier alpha value is -2.82. The lowest BCUT2D eigenvalue weighted by molar-refractivity contribution is 0.395. The maximum atomic E-state index is 5.27. The van der Waals surface area contributed by atoms with Gasteiger partial charge in [0.25, 0.3) is 0 Å². The SMILES string of the molecule is COc1cc(Nc2nccc3cccnc23)cc(OC)c1. The van der Waals surface area contributed by atoms with Crippen molar-refractivity contribution in [3.8, 4) is 11.5 Å². The second-order valence-corrected chi connectivity index (χ2v) is 4.46. The first-order chi connectivity index (χ1) is 10.3. The highest BCUT2D eigenvalue weighted by Gasteiger charge is 2.06. The summed E-state index contributed by atoms with van der Waals surface area (Å²) >= 11 is 0. The summed E-state index contributed by atoms with van der Waals surface area (Å²) in [5.41, 5.74) is 1.65. The Balaban J connectivity index is 2.02. The van der Waals surface area contributed by atoms with E-state index in [4.69, 9.17) is 9.47 Å². The quantitative estimate of drug-likeness (QED) is 0.794. The average molecular weight is 281 g/mol. The van der Waals surface area contributed by atoms with Crippen LogP contribution in [0, 0.1) is 0 Å². The van der Waals surface area contributed by atoms with E-state index in [0.29, 0.717) is 17.3 Å². The molecular weight excluding hydrogens is 266 g/mol. The maximum absolute atomic E-state index is 5.27. The molecular formula is C16H15N3O2. The summed E-state index contributed by atoms with van der Waals surface area (Å²) in [6, 6.07) is 11.4. The predicted molar refractivity (Wildman–Crippen MR) is 82.4 cm³/mol. The van der Waals surface area contributed by atoms with Crippen molar-refractivity contribution in [1.82, 2.24) is 9.97 Å². The summed E-state index contributed by atoms with van der Waals surface area (Å²) in [5.74, 6) is 2.12. The molecule has 0 fully saturated rings. The Morgan fingerprint density at radius 2 is 1.67 bits per heavy atom. The van der Waals surface area contributed by atoms with Crippen LogP contribution in [0.1, 0.15) is 0 Å². The summed E-state index contributed by atoms with van der Waals surface area (Å²) in [4.78, 5) is 8.73. The number of hydrogen-bond donors (Lipinski definition) is 1. The number of rotatable bonds is 4. The van der Waals surface area contributed by atoms with Gasteiger partial charge in [-0.25, -0.2) is 4.98 Å². The molecule has 0 amide bonds. The molecule has 0 saturated heterocycles. The lowest BCUT2D eigenvalue weighted by Gasteiger charge is -2.11. The third kappa shape index (κ3) is 2.72. The number of ether oxygens (including phenoxy) is 2. The largest absolute Gasteiger partial charge is 0.497 e. The molecule has 0 bridgehead atoms. The normalized spacial score (nSPS) is 10.4. The molecule has 5 nitrogen and oxygen atoms in total. The van der Waals surface area contributed by atoms with Crippen molar-refractivity contribution in [1.29, 1.82) is 0 Å². The highest BCUT2D eigenvalue weighted by molar-refractivity contribution is 5.89. The van der Waals surface area contributed by atoms with Gasteiger partial charge in [-0.2, -0.15) is 0 Å². The van der Waals surface area contributed by atoms with E-state index in [2.05, 4.69) is 15.3 Å². The van der Waals surface area contributed by atoms with Gasteiger partial charge in [-0.05, 0) is 12.1 Å². The number of anilines is 2. The molecule has 0 radical (unpaired) electrons. The van der Waals surface area contributed by atoms with Crippen molar-refractivity contribution < 1.29 is 9.47 Å². The zero-order chi connectivity index (χ0) is 14.7. The van der Waals surface area contributed by atoms with Gasteiger partial charge in [-0.1, -0.05) is 6.07 Å². The van der Waals surface area contributed by atoms with E-state index in [9.17, 15) is 0 Å². The second-order valence-electron chi connectivity index (χ2n) is 4.46. The maximum Gasteiger partial charge on any atom is 0.156 e. The van der Waals surface area contributed by atoms with Gasteiger partial charge in [-0.15, -0.1) is 0 Å². The first kappa shape index (κ1) is 13.2. The van der Waals surface area contributed by atoms with Crippen LogP contribution in [0.15, 0.2) is 48.8 Å². The highest BCUT2D eigenvalue weighted by atomic mass is 16.5. The summed E-state index contributed by atoms with van der Waals surface area (Å²) in [7, 11) is 3.24. The molecule has 0 aliphatic rings. The van der Waals surface area contributed by atoms with E-state index in [1.54, 1.807) is 26.6 Å². The number of nitrogens with zero attached hydrogens (tertiary/aromatic N) is 2. The second kappa shape index (κ2) is 5.66. The molecule has 21 heavy (non-hydrogen) atoms. The molecule has 3 rings (SSSR count). The van der Waals surface area contributed by atoms with Gasteiger partial charge in [0, 0.05) is 41.7 Å². The monoisotopic (exact) mass is 281 g/mol. The smallest absolute Gasteiger partial charge is 0.156 e. The van der Waals surface area contributed by atoms with Crippen molar-refractivity contribution >= 4 is 22.4 Å². The molecule has 106 valence electrons. The molecule has 5 heteroatoms. The van der Waals surface area contributed by atoms with Crippen LogP contribution in [0.25, 0.3) is 10.9 Å². The van der Waals surface area contributed by atoms with Crippen molar-refractivity contribution in [3.05, 3.63) is 48.8 Å². The minimum atomic E-state index is 0.698. The van der Waals surface area contributed by atoms with Crippen LogP contribution in [0.3, 0.4) is 0 Å². The van der Waals surface area contributed by atoms with Gasteiger partial charge in [0.2, 0.25) is 0 Å². The number of fused-ring (bicyclic) bond motifs is 1. The Morgan fingerprint density at radius 3 is 2.38 bits per heavy atom. The lowest BCUT2D eigenvalue weighted by Crippen LogP contribution is -1.97. The van der Waals surface area contributed by atoms with Crippen LogP contribution in [-0.4, -0.2) is 24.2 Å². The van der Waals surface area contributed by atoms with E-state index < -0.39 is 0 Å². The first-order valence-corrected chi connectivity index (χ1v) is 6.50. The van der Waals surface area contributed by atoms with E-state index in [-0.39, 0.29) is 0 Å². The van der Waals surface area contributed by atoms with Gasteiger partial charge in [0.05, 0.1) is 14.2 Å². The topological polar surface area (TPSA) is 56.3 Å². The fourth-order valence-electron chi connectivity index (χ4n) is 2.11. The van der Waals surface area contributed by atoms with Gasteiger partial charge in [0.1, 0.15) is 17.0 Å². The van der Waals surface area contributed by atoms with Crippen LogP contribution in [0.5, 0.6) is 11.5 Å². The molecule has 2 aromatic heterocycles. The average Bonchev–Trinajstić information content (AvgIpc) is 2.55. The lowest BCUT2D eigenvalue weighted by atomic mass is 10.2. The van der Waals surface area contributed by atoms with Gasteiger partial charge in [0.15, 0.2) is 5.82 Å². The van der Waals surface area contributed by atoms with Crippen molar-refractivity contribution in [2.45, 2.75) is 0 Å². The summed E-state index contributed by atoms with van der Waals surface area (Å²) in [5, 5.41) is 4.30. The fourth-order valence-corrected chi connectivity index (χ4v) is 2.11. The first-order valence-electron chi connectivity index (χ1n) is 6.50. The number of hydrogen-bond acceptors (Lipinski definition) is 5. The van der Waals surface area contributed by atoms with Crippen LogP contribution in [0.2, 0.25) is 0 Å². The molecule has 0 aliphatic carbocycles. The van der Waals surface area contributed by atoms with Gasteiger partial charge >= 0.3 is 0 Å². The van der Waals surface area contributed by atoms with Crippen molar-refractivity contribution in [3.63, 3.8) is 0 Å². The van der Waals surface area contributed by atoms with Crippen LogP contribution >= 0.6 is 0 Å². The Labute approximate surface area is 122 Å². The fraction of sp³-hybridized carbons (Fsp3) is 0.125. The zero-order valence-electron chi connectivity index (χ0n) is 11.8. The molecule has 0 atom stereocenters. The van der Waals surface area contributed by atoms with Crippen molar-refractivity contribution in [2.75, 3.05) is 19.5 Å². The molecule has 0 saturated carbocycles. The Kier molecular flexibility index (Phi) is 3.55. The number of pyridine rings is 2. The van der Waals surface area contributed by atoms with Gasteiger partial charge in [-0.3, -0.25) is 4.98 Å². The Morgan fingerprint density at radius 1 is 0.905 bits per heavy atom. The summed E-state index contributed by atoms with van der Waals surface area (Å²) in [6.45, 7) is 0. The van der Waals surface area contributed by atoms with Crippen LogP contribution in [-0.2, 0) is 0 Å².